The Hall–Kier alpha value is -0.860. The van der Waals surface area contributed by atoms with Gasteiger partial charge in [0.15, 0.2) is 0 Å². The van der Waals surface area contributed by atoms with Crippen LogP contribution in [-0.2, 0) is 14.9 Å². The van der Waals surface area contributed by atoms with E-state index in [1.54, 1.807) is 4.31 Å². The lowest BCUT2D eigenvalue weighted by Crippen LogP contribution is -2.55. The number of hydrogen-bond acceptors (Lipinski definition) is 4. The van der Waals surface area contributed by atoms with Crippen LogP contribution in [0.15, 0.2) is 24.3 Å². The van der Waals surface area contributed by atoms with Crippen LogP contribution in [0.5, 0.6) is 0 Å². The molecule has 0 atom stereocenters. The van der Waals surface area contributed by atoms with E-state index in [1.165, 1.54) is 4.31 Å². The minimum absolute atomic E-state index is 0.441. The molecule has 2 fully saturated rings. The zero-order valence-electron chi connectivity index (χ0n) is 12.3. The summed E-state index contributed by atoms with van der Waals surface area (Å²) in [7, 11) is -3.36. The minimum Gasteiger partial charge on any atom is -0.379 e. The minimum atomic E-state index is -3.36. The molecule has 0 spiro atoms. The van der Waals surface area contributed by atoms with Crippen LogP contribution in [-0.4, -0.2) is 69.5 Å². The Morgan fingerprint density at radius 1 is 0.955 bits per heavy atom. The van der Waals surface area contributed by atoms with Crippen LogP contribution in [0, 0.1) is 0 Å². The molecule has 2 aliphatic heterocycles. The van der Waals surface area contributed by atoms with Crippen LogP contribution in [0.1, 0.15) is 0 Å². The number of anilines is 1. The number of benzene rings is 1. The second-order valence-corrected chi connectivity index (χ2v) is 7.75. The van der Waals surface area contributed by atoms with Crippen molar-refractivity contribution in [3.8, 4) is 0 Å². The van der Waals surface area contributed by atoms with Crippen molar-refractivity contribution in [2.24, 2.45) is 0 Å². The summed E-state index contributed by atoms with van der Waals surface area (Å²) in [6.07, 6.45) is 0. The SMILES string of the molecule is O=S(=O)(N1CCOCC1)N1CCN(c2cccc(Cl)c2)CC1. The van der Waals surface area contributed by atoms with Crippen molar-refractivity contribution in [2.75, 3.05) is 57.4 Å². The van der Waals surface area contributed by atoms with E-state index in [9.17, 15) is 8.42 Å². The van der Waals surface area contributed by atoms with Gasteiger partial charge in [-0.2, -0.15) is 17.0 Å². The third-order valence-electron chi connectivity index (χ3n) is 4.03. The average Bonchev–Trinajstić information content (AvgIpc) is 2.56. The lowest BCUT2D eigenvalue weighted by Gasteiger charge is -2.38. The van der Waals surface area contributed by atoms with Crippen molar-refractivity contribution in [3.05, 3.63) is 29.3 Å². The molecular formula is C14H20ClN3O3S. The Labute approximate surface area is 136 Å². The van der Waals surface area contributed by atoms with Crippen molar-refractivity contribution in [1.29, 1.82) is 0 Å². The maximum Gasteiger partial charge on any atom is 0.282 e. The van der Waals surface area contributed by atoms with Gasteiger partial charge in [0.25, 0.3) is 10.2 Å². The van der Waals surface area contributed by atoms with E-state index >= 15 is 0 Å². The summed E-state index contributed by atoms with van der Waals surface area (Å²) in [6, 6.07) is 7.66. The molecule has 3 rings (SSSR count). The highest BCUT2D eigenvalue weighted by Gasteiger charge is 2.33. The van der Waals surface area contributed by atoms with E-state index in [2.05, 4.69) is 4.90 Å². The molecule has 0 bridgehead atoms. The molecule has 1 aromatic carbocycles. The molecule has 122 valence electrons. The van der Waals surface area contributed by atoms with Gasteiger partial charge in [-0.3, -0.25) is 0 Å². The Morgan fingerprint density at radius 3 is 2.23 bits per heavy atom. The molecule has 8 heteroatoms. The van der Waals surface area contributed by atoms with Gasteiger partial charge >= 0.3 is 0 Å². The largest absolute Gasteiger partial charge is 0.379 e. The van der Waals surface area contributed by atoms with Crippen molar-refractivity contribution < 1.29 is 13.2 Å². The highest BCUT2D eigenvalue weighted by atomic mass is 35.5. The molecule has 2 heterocycles. The molecule has 2 saturated heterocycles. The second kappa shape index (κ2) is 6.72. The monoisotopic (exact) mass is 345 g/mol. The van der Waals surface area contributed by atoms with Gasteiger partial charge in [0.2, 0.25) is 0 Å². The molecular weight excluding hydrogens is 326 g/mol. The van der Waals surface area contributed by atoms with Crippen LogP contribution in [0.25, 0.3) is 0 Å². The molecule has 0 unspecified atom stereocenters. The highest BCUT2D eigenvalue weighted by Crippen LogP contribution is 2.22. The topological polar surface area (TPSA) is 53.1 Å². The molecule has 1 aromatic rings. The third kappa shape index (κ3) is 3.38. The van der Waals surface area contributed by atoms with Crippen LogP contribution >= 0.6 is 11.6 Å². The molecule has 22 heavy (non-hydrogen) atoms. The number of hydrogen-bond donors (Lipinski definition) is 0. The number of morpholine rings is 1. The molecule has 6 nitrogen and oxygen atoms in total. The summed E-state index contributed by atoms with van der Waals surface area (Å²) in [5, 5.41) is 0.695. The maximum absolute atomic E-state index is 12.6. The normalized spacial score (nSPS) is 22.0. The summed E-state index contributed by atoms with van der Waals surface area (Å²) < 4.78 is 33.5. The summed E-state index contributed by atoms with van der Waals surface area (Å²) in [6.45, 7) is 4.16. The van der Waals surface area contributed by atoms with Gasteiger partial charge in [0, 0.05) is 50.0 Å². The first-order valence-corrected chi connectivity index (χ1v) is 9.18. The van der Waals surface area contributed by atoms with Crippen molar-refractivity contribution in [2.45, 2.75) is 0 Å². The predicted octanol–water partition coefficient (Wildman–Crippen LogP) is 1.04. The van der Waals surface area contributed by atoms with Gasteiger partial charge in [-0.1, -0.05) is 17.7 Å². The fourth-order valence-electron chi connectivity index (χ4n) is 2.79. The molecule has 0 aliphatic carbocycles. The zero-order valence-corrected chi connectivity index (χ0v) is 13.9. The van der Waals surface area contributed by atoms with Crippen LogP contribution in [0.2, 0.25) is 5.02 Å². The fourth-order valence-corrected chi connectivity index (χ4v) is 4.54. The summed E-state index contributed by atoms with van der Waals surface area (Å²) in [5.74, 6) is 0. The van der Waals surface area contributed by atoms with Gasteiger partial charge in [-0.15, -0.1) is 0 Å². The Balaban J connectivity index is 1.63. The van der Waals surface area contributed by atoms with Gasteiger partial charge < -0.3 is 9.64 Å². The van der Waals surface area contributed by atoms with Crippen molar-refractivity contribution >= 4 is 27.5 Å². The number of ether oxygens (including phenoxy) is 1. The smallest absolute Gasteiger partial charge is 0.282 e. The van der Waals surface area contributed by atoms with E-state index in [1.807, 2.05) is 24.3 Å². The molecule has 2 aliphatic rings. The van der Waals surface area contributed by atoms with Crippen LogP contribution in [0.4, 0.5) is 5.69 Å². The summed E-state index contributed by atoms with van der Waals surface area (Å²) >= 11 is 6.02. The van der Waals surface area contributed by atoms with E-state index in [-0.39, 0.29) is 0 Å². The Bertz CT molecular complexity index is 612. The van der Waals surface area contributed by atoms with Gasteiger partial charge in [0.05, 0.1) is 13.2 Å². The van der Waals surface area contributed by atoms with Crippen molar-refractivity contribution in [1.82, 2.24) is 8.61 Å². The van der Waals surface area contributed by atoms with Gasteiger partial charge in [-0.05, 0) is 18.2 Å². The van der Waals surface area contributed by atoms with E-state index in [0.29, 0.717) is 57.5 Å². The van der Waals surface area contributed by atoms with Crippen LogP contribution in [0.3, 0.4) is 0 Å². The number of nitrogens with zero attached hydrogens (tertiary/aromatic N) is 3. The number of rotatable bonds is 3. The maximum atomic E-state index is 12.6. The second-order valence-electron chi connectivity index (χ2n) is 5.39. The number of halogens is 1. The average molecular weight is 346 g/mol. The Kier molecular flexibility index (Phi) is 4.89. The first-order chi connectivity index (χ1) is 10.6. The summed E-state index contributed by atoms with van der Waals surface area (Å²) in [4.78, 5) is 2.16. The molecule has 0 amide bonds. The first kappa shape index (κ1) is 16.0. The van der Waals surface area contributed by atoms with E-state index < -0.39 is 10.2 Å². The third-order valence-corrected chi connectivity index (χ3v) is 6.31. The highest BCUT2D eigenvalue weighted by molar-refractivity contribution is 7.86. The first-order valence-electron chi connectivity index (χ1n) is 7.41. The molecule has 0 aromatic heterocycles. The van der Waals surface area contributed by atoms with E-state index in [0.717, 1.165) is 5.69 Å². The number of piperazine rings is 1. The quantitative estimate of drug-likeness (QED) is 0.821. The molecule has 0 radical (unpaired) electrons. The van der Waals surface area contributed by atoms with Gasteiger partial charge in [0.1, 0.15) is 0 Å². The van der Waals surface area contributed by atoms with Crippen molar-refractivity contribution in [3.63, 3.8) is 0 Å². The van der Waals surface area contributed by atoms with Crippen LogP contribution < -0.4 is 4.90 Å². The predicted molar refractivity (Wildman–Crippen MR) is 86.5 cm³/mol. The Morgan fingerprint density at radius 2 is 1.59 bits per heavy atom. The standard InChI is InChI=1S/C14H20ClN3O3S/c15-13-2-1-3-14(12-13)16-4-6-17(7-5-16)22(19,20)18-8-10-21-11-9-18/h1-3,12H,4-11H2. The zero-order chi connectivity index (χ0) is 15.6. The molecule has 0 N–H and O–H groups in total. The lowest BCUT2D eigenvalue weighted by molar-refractivity contribution is 0.0700. The lowest BCUT2D eigenvalue weighted by atomic mass is 10.2. The van der Waals surface area contributed by atoms with E-state index in [4.69, 9.17) is 16.3 Å². The summed E-state index contributed by atoms with van der Waals surface area (Å²) in [5.41, 5.74) is 1.04. The molecule has 0 saturated carbocycles. The van der Waals surface area contributed by atoms with Gasteiger partial charge in [-0.25, -0.2) is 0 Å². The fraction of sp³-hybridized carbons (Fsp3) is 0.571.